The van der Waals surface area contributed by atoms with Crippen LogP contribution >= 0.6 is 23.2 Å². The van der Waals surface area contributed by atoms with Crippen molar-refractivity contribution in [2.24, 2.45) is 0 Å². The molecule has 0 aliphatic carbocycles. The maximum atomic E-state index is 13.3. The summed E-state index contributed by atoms with van der Waals surface area (Å²) in [7, 11) is 0. The van der Waals surface area contributed by atoms with Gasteiger partial charge in [-0.1, -0.05) is 34.4 Å². The first-order valence-electron chi connectivity index (χ1n) is 6.07. The van der Waals surface area contributed by atoms with Crippen LogP contribution in [-0.2, 0) is 6.18 Å². The highest BCUT2D eigenvalue weighted by Gasteiger charge is 2.35. The quantitative estimate of drug-likeness (QED) is 0.581. The second-order valence-electron chi connectivity index (χ2n) is 4.63. The zero-order valence-electron chi connectivity index (χ0n) is 11.0. The predicted molar refractivity (Wildman–Crippen MR) is 77.0 cm³/mol. The molecular weight excluding hydrogens is 340 g/mol. The van der Waals surface area contributed by atoms with Crippen LogP contribution in [0.4, 0.5) is 13.2 Å². The van der Waals surface area contributed by atoms with E-state index in [0.29, 0.717) is 10.6 Å². The lowest BCUT2D eigenvalue weighted by Crippen LogP contribution is -2.07. The Morgan fingerprint density at radius 1 is 1.09 bits per heavy atom. The average Bonchev–Trinajstić information content (AvgIpc) is 2.81. The van der Waals surface area contributed by atoms with E-state index in [4.69, 9.17) is 27.7 Å². The third-order valence-electron chi connectivity index (χ3n) is 3.14. The van der Waals surface area contributed by atoms with Gasteiger partial charge < -0.3 is 4.52 Å². The summed E-state index contributed by atoms with van der Waals surface area (Å²) < 4.78 is 44.7. The molecule has 22 heavy (non-hydrogen) atoms. The highest BCUT2D eigenvalue weighted by molar-refractivity contribution is 6.42. The Labute approximate surface area is 132 Å². The molecule has 0 N–H and O–H groups in total. The van der Waals surface area contributed by atoms with E-state index >= 15 is 0 Å². The minimum Gasteiger partial charge on any atom is -0.336 e. The van der Waals surface area contributed by atoms with Crippen molar-refractivity contribution in [1.29, 1.82) is 0 Å². The van der Waals surface area contributed by atoms with Crippen LogP contribution in [0, 0.1) is 6.92 Å². The molecule has 1 aromatic carbocycles. The smallest absolute Gasteiger partial charge is 0.336 e. The molecular formula is C14H7Cl2F3N2O. The van der Waals surface area contributed by atoms with Gasteiger partial charge in [0.1, 0.15) is 0 Å². The van der Waals surface area contributed by atoms with Gasteiger partial charge in [0.2, 0.25) is 0 Å². The number of halogens is 5. The molecule has 3 nitrogen and oxygen atoms in total. The van der Waals surface area contributed by atoms with Gasteiger partial charge in [0.25, 0.3) is 5.71 Å². The number of hydrogen-bond donors (Lipinski definition) is 0. The van der Waals surface area contributed by atoms with Gasteiger partial charge >= 0.3 is 6.18 Å². The van der Waals surface area contributed by atoms with Gasteiger partial charge in [-0.25, -0.2) is 4.98 Å². The van der Waals surface area contributed by atoms with E-state index in [1.807, 2.05) is 0 Å². The number of nitrogens with zero attached hydrogens (tertiary/aromatic N) is 2. The Morgan fingerprint density at radius 3 is 2.45 bits per heavy atom. The first kappa shape index (κ1) is 15.1. The normalized spacial score (nSPS) is 12.1. The van der Waals surface area contributed by atoms with E-state index in [2.05, 4.69) is 10.1 Å². The minimum absolute atomic E-state index is 0.0783. The summed E-state index contributed by atoms with van der Waals surface area (Å²) in [6.07, 6.45) is -4.55. The third-order valence-corrected chi connectivity index (χ3v) is 3.88. The number of hydrogen-bond acceptors (Lipinski definition) is 3. The van der Waals surface area contributed by atoms with Crippen molar-refractivity contribution in [3.8, 4) is 11.3 Å². The van der Waals surface area contributed by atoms with Crippen molar-refractivity contribution >= 4 is 34.3 Å². The molecule has 0 amide bonds. The fraction of sp³-hybridized carbons (Fsp3) is 0.143. The van der Waals surface area contributed by atoms with Crippen LogP contribution in [0.1, 0.15) is 11.3 Å². The van der Waals surface area contributed by atoms with E-state index in [0.717, 1.165) is 6.07 Å². The molecule has 8 heteroatoms. The summed E-state index contributed by atoms with van der Waals surface area (Å²) in [5.74, 6) is 0. The molecule has 0 saturated carbocycles. The molecule has 0 aliphatic rings. The van der Waals surface area contributed by atoms with Gasteiger partial charge in [0, 0.05) is 5.56 Å². The Hall–Kier alpha value is -1.79. The Bertz CT molecular complexity index is 874. The van der Waals surface area contributed by atoms with Gasteiger partial charge in [0.05, 0.1) is 32.4 Å². The molecule has 114 valence electrons. The molecule has 2 aromatic heterocycles. The maximum Gasteiger partial charge on any atom is 0.417 e. The predicted octanol–water partition coefficient (Wildman–Crippen LogP) is 5.52. The molecule has 0 bridgehead atoms. The number of rotatable bonds is 1. The van der Waals surface area contributed by atoms with Crippen molar-refractivity contribution in [2.75, 3.05) is 0 Å². The van der Waals surface area contributed by atoms with E-state index in [-0.39, 0.29) is 27.5 Å². The number of aryl methyl sites for hydroxylation is 1. The molecule has 0 saturated heterocycles. The van der Waals surface area contributed by atoms with Gasteiger partial charge in [-0.05, 0) is 25.1 Å². The Morgan fingerprint density at radius 2 is 1.82 bits per heavy atom. The van der Waals surface area contributed by atoms with Crippen LogP contribution in [0.25, 0.3) is 22.4 Å². The van der Waals surface area contributed by atoms with Crippen LogP contribution in [0.3, 0.4) is 0 Å². The van der Waals surface area contributed by atoms with E-state index < -0.39 is 11.7 Å². The molecule has 0 spiro atoms. The minimum atomic E-state index is -4.55. The average molecular weight is 347 g/mol. The lowest BCUT2D eigenvalue weighted by atomic mass is 10.1. The van der Waals surface area contributed by atoms with Crippen LogP contribution in [0.5, 0.6) is 0 Å². The fourth-order valence-electron chi connectivity index (χ4n) is 2.12. The van der Waals surface area contributed by atoms with E-state index in [9.17, 15) is 13.2 Å². The maximum absolute atomic E-state index is 13.3. The summed E-state index contributed by atoms with van der Waals surface area (Å²) in [6.45, 7) is 1.43. The van der Waals surface area contributed by atoms with Crippen LogP contribution < -0.4 is 0 Å². The summed E-state index contributed by atoms with van der Waals surface area (Å²) in [4.78, 5) is 4.08. The van der Waals surface area contributed by atoms with E-state index in [1.165, 1.54) is 25.1 Å². The first-order chi connectivity index (χ1) is 10.3. The van der Waals surface area contributed by atoms with Gasteiger partial charge in [-0.3, -0.25) is 0 Å². The lowest BCUT2D eigenvalue weighted by Gasteiger charge is -2.10. The van der Waals surface area contributed by atoms with Crippen molar-refractivity contribution in [3.05, 3.63) is 45.6 Å². The zero-order valence-corrected chi connectivity index (χ0v) is 12.5. The van der Waals surface area contributed by atoms with E-state index in [1.54, 1.807) is 0 Å². The standard InChI is InChI=1S/C14H7Cl2F3N2O/c1-6-12-8(14(17,18)19)5-11(20-13(12)22-21-6)7-2-3-9(15)10(16)4-7/h2-5H,1H3. The molecule has 0 fully saturated rings. The monoisotopic (exact) mass is 346 g/mol. The Kier molecular flexibility index (Phi) is 3.53. The number of pyridine rings is 1. The topological polar surface area (TPSA) is 38.9 Å². The Balaban J connectivity index is 2.29. The SMILES string of the molecule is Cc1noc2nc(-c3ccc(Cl)c(Cl)c3)cc(C(F)(F)F)c12. The van der Waals surface area contributed by atoms with Gasteiger partial charge in [0.15, 0.2) is 0 Å². The lowest BCUT2D eigenvalue weighted by molar-refractivity contribution is -0.136. The van der Waals surface area contributed by atoms with Crippen LogP contribution in [0.2, 0.25) is 10.0 Å². The second-order valence-corrected chi connectivity index (χ2v) is 5.44. The molecule has 2 heterocycles. The zero-order chi connectivity index (χ0) is 16.1. The van der Waals surface area contributed by atoms with Crippen LogP contribution in [0.15, 0.2) is 28.8 Å². The fourth-order valence-corrected chi connectivity index (χ4v) is 2.42. The van der Waals surface area contributed by atoms with Crippen molar-refractivity contribution in [3.63, 3.8) is 0 Å². The molecule has 0 unspecified atom stereocenters. The van der Waals surface area contributed by atoms with Crippen molar-refractivity contribution in [2.45, 2.75) is 13.1 Å². The number of fused-ring (bicyclic) bond motifs is 1. The molecule has 3 rings (SSSR count). The summed E-state index contributed by atoms with van der Waals surface area (Å²) in [5, 5.41) is 3.94. The third kappa shape index (κ3) is 2.53. The summed E-state index contributed by atoms with van der Waals surface area (Å²) >= 11 is 11.7. The summed E-state index contributed by atoms with van der Waals surface area (Å²) in [5.41, 5.74) is -0.411. The van der Waals surface area contributed by atoms with Gasteiger partial charge in [-0.2, -0.15) is 13.2 Å². The number of alkyl halides is 3. The second kappa shape index (κ2) is 5.14. The van der Waals surface area contributed by atoms with Crippen LogP contribution in [-0.4, -0.2) is 10.1 Å². The molecule has 3 aromatic rings. The van der Waals surface area contributed by atoms with Gasteiger partial charge in [-0.15, -0.1) is 0 Å². The highest BCUT2D eigenvalue weighted by Crippen LogP contribution is 2.38. The molecule has 0 aliphatic heterocycles. The molecule has 0 atom stereocenters. The number of aromatic nitrogens is 2. The number of benzene rings is 1. The first-order valence-corrected chi connectivity index (χ1v) is 6.82. The van der Waals surface area contributed by atoms with Crippen molar-refractivity contribution in [1.82, 2.24) is 10.1 Å². The summed E-state index contributed by atoms with van der Waals surface area (Å²) in [6, 6.07) is 5.42. The van der Waals surface area contributed by atoms with Crippen molar-refractivity contribution < 1.29 is 17.7 Å². The molecule has 0 radical (unpaired) electrons. The highest BCUT2D eigenvalue weighted by atomic mass is 35.5. The largest absolute Gasteiger partial charge is 0.417 e.